The zero-order chi connectivity index (χ0) is 21.4. The first-order chi connectivity index (χ1) is 15.7. The summed E-state index contributed by atoms with van der Waals surface area (Å²) < 4.78 is 0. The van der Waals surface area contributed by atoms with Gasteiger partial charge < -0.3 is 10.0 Å². The average molecular weight is 420 g/mol. The summed E-state index contributed by atoms with van der Waals surface area (Å²) in [5, 5.41) is 20.0. The SMILES string of the molecule is OB(O)c1ccc2c(c1)C1(c3ccc(-c4ccccc4)cc3-2)C2CCC3CCC(C2)CC31. The van der Waals surface area contributed by atoms with Crippen LogP contribution in [0.5, 0.6) is 0 Å². The largest absolute Gasteiger partial charge is 0.488 e. The minimum atomic E-state index is -1.42. The summed E-state index contributed by atoms with van der Waals surface area (Å²) in [5.74, 6) is 3.03. The Morgan fingerprint density at radius 1 is 0.719 bits per heavy atom. The summed E-state index contributed by atoms with van der Waals surface area (Å²) >= 11 is 0. The number of rotatable bonds is 2. The molecule has 3 saturated carbocycles. The predicted molar refractivity (Wildman–Crippen MR) is 130 cm³/mol. The van der Waals surface area contributed by atoms with E-state index >= 15 is 0 Å². The van der Waals surface area contributed by atoms with Gasteiger partial charge in [0.05, 0.1) is 0 Å². The maximum absolute atomic E-state index is 10.0. The van der Waals surface area contributed by atoms with Crippen molar-refractivity contribution < 1.29 is 10.0 Å². The van der Waals surface area contributed by atoms with Gasteiger partial charge in [-0.25, -0.2) is 0 Å². The van der Waals surface area contributed by atoms with E-state index < -0.39 is 7.12 Å². The fourth-order valence-electron chi connectivity index (χ4n) is 8.31. The van der Waals surface area contributed by atoms with Gasteiger partial charge in [0.2, 0.25) is 0 Å². The highest BCUT2D eigenvalue weighted by molar-refractivity contribution is 6.58. The average Bonchev–Trinajstić information content (AvgIpc) is 3.09. The highest BCUT2D eigenvalue weighted by atomic mass is 16.4. The normalized spacial score (nSPS) is 31.4. The molecule has 2 N–H and O–H groups in total. The van der Waals surface area contributed by atoms with E-state index in [1.54, 1.807) is 0 Å². The van der Waals surface area contributed by atoms with Crippen molar-refractivity contribution in [1.82, 2.24) is 0 Å². The van der Waals surface area contributed by atoms with E-state index in [0.717, 1.165) is 11.8 Å². The molecule has 0 aromatic heterocycles. The van der Waals surface area contributed by atoms with Gasteiger partial charge in [-0.2, -0.15) is 0 Å². The minimum absolute atomic E-state index is 0.0463. The van der Waals surface area contributed by atoms with Crippen molar-refractivity contribution in [3.05, 3.63) is 77.9 Å². The lowest BCUT2D eigenvalue weighted by Crippen LogP contribution is -2.55. The zero-order valence-electron chi connectivity index (χ0n) is 18.4. The predicted octanol–water partition coefficient (Wildman–Crippen LogP) is 5.15. The van der Waals surface area contributed by atoms with Gasteiger partial charge in [-0.05, 0) is 101 Å². The van der Waals surface area contributed by atoms with Crippen molar-refractivity contribution in [2.24, 2.45) is 23.7 Å². The Labute approximate surface area is 190 Å². The first kappa shape index (κ1) is 19.1. The molecule has 3 heteroatoms. The van der Waals surface area contributed by atoms with Crippen molar-refractivity contribution in [3.8, 4) is 22.3 Å². The summed E-state index contributed by atoms with van der Waals surface area (Å²) in [6, 6.07) is 24.0. The van der Waals surface area contributed by atoms with E-state index in [-0.39, 0.29) is 5.41 Å². The third-order valence-electron chi connectivity index (χ3n) is 9.48. The van der Waals surface area contributed by atoms with Crippen LogP contribution in [0, 0.1) is 23.7 Å². The summed E-state index contributed by atoms with van der Waals surface area (Å²) in [4.78, 5) is 0. The van der Waals surface area contributed by atoms with E-state index in [0.29, 0.717) is 17.3 Å². The Hall–Kier alpha value is -2.36. The maximum Gasteiger partial charge on any atom is 0.488 e. The Morgan fingerprint density at radius 3 is 2.41 bits per heavy atom. The fourth-order valence-corrected chi connectivity index (χ4v) is 8.31. The Kier molecular flexibility index (Phi) is 4.08. The third kappa shape index (κ3) is 2.44. The molecule has 32 heavy (non-hydrogen) atoms. The fraction of sp³-hybridized carbons (Fsp3) is 0.379. The van der Waals surface area contributed by atoms with Crippen molar-refractivity contribution in [2.75, 3.05) is 0 Å². The molecule has 7 rings (SSSR count). The van der Waals surface area contributed by atoms with Crippen molar-refractivity contribution in [2.45, 2.75) is 43.9 Å². The molecule has 0 aliphatic heterocycles. The molecule has 5 unspecified atom stereocenters. The van der Waals surface area contributed by atoms with Crippen LogP contribution in [0.4, 0.5) is 0 Å². The highest BCUT2D eigenvalue weighted by Crippen LogP contribution is 2.68. The lowest BCUT2D eigenvalue weighted by atomic mass is 9.43. The Morgan fingerprint density at radius 2 is 1.56 bits per heavy atom. The van der Waals surface area contributed by atoms with Gasteiger partial charge in [-0.1, -0.05) is 67.1 Å². The van der Waals surface area contributed by atoms with Crippen LogP contribution in [0.2, 0.25) is 0 Å². The smallest absolute Gasteiger partial charge is 0.423 e. The zero-order valence-corrected chi connectivity index (χ0v) is 18.4. The number of fused-ring (bicyclic) bond motifs is 4. The van der Waals surface area contributed by atoms with Crippen molar-refractivity contribution >= 4 is 12.6 Å². The maximum atomic E-state index is 10.0. The summed E-state index contributed by atoms with van der Waals surface area (Å²) in [7, 11) is -1.42. The topological polar surface area (TPSA) is 40.5 Å². The molecule has 4 aliphatic carbocycles. The van der Waals surface area contributed by atoms with E-state index in [1.807, 2.05) is 6.07 Å². The monoisotopic (exact) mass is 420 g/mol. The van der Waals surface area contributed by atoms with Gasteiger partial charge in [-0.3, -0.25) is 0 Å². The molecule has 3 aromatic carbocycles. The van der Waals surface area contributed by atoms with Crippen LogP contribution in [-0.4, -0.2) is 17.2 Å². The molecule has 3 fully saturated rings. The van der Waals surface area contributed by atoms with Crippen molar-refractivity contribution in [3.63, 3.8) is 0 Å². The second kappa shape index (κ2) is 6.82. The standard InChI is InChI=1S/C29H29BO2/c31-30(32)23-11-12-24-25-16-21(19-4-2-1-3-5-19)9-13-26(25)29(28(24)17-23)22-10-8-20-7-6-18(14-22)15-27(20)29/h1-5,9,11-13,16-18,20,22,27,31-32H,6-8,10,14-15H2. The first-order valence-electron chi connectivity index (χ1n) is 12.4. The summed E-state index contributed by atoms with van der Waals surface area (Å²) in [5.41, 5.74) is 8.77. The molecule has 0 amide bonds. The number of benzene rings is 3. The van der Waals surface area contributed by atoms with Crippen LogP contribution in [0.3, 0.4) is 0 Å². The molecule has 2 nitrogen and oxygen atoms in total. The Bertz CT molecular complexity index is 1200. The van der Waals surface area contributed by atoms with Crippen LogP contribution in [0.1, 0.15) is 49.7 Å². The summed E-state index contributed by atoms with van der Waals surface area (Å²) in [6.45, 7) is 0. The first-order valence-corrected chi connectivity index (χ1v) is 12.4. The van der Waals surface area contributed by atoms with Crippen molar-refractivity contribution in [1.29, 1.82) is 0 Å². The second-order valence-corrected chi connectivity index (χ2v) is 10.7. The molecule has 1 spiro atoms. The quantitative estimate of drug-likeness (QED) is 0.564. The lowest BCUT2D eigenvalue weighted by molar-refractivity contribution is -0.0320. The number of hydrogen-bond donors (Lipinski definition) is 2. The van der Waals surface area contributed by atoms with Gasteiger partial charge >= 0.3 is 7.12 Å². The molecular formula is C29H29BO2. The Balaban J connectivity index is 1.50. The molecule has 0 radical (unpaired) electrons. The minimum Gasteiger partial charge on any atom is -0.423 e. The molecule has 4 aliphatic rings. The molecule has 3 bridgehead atoms. The van der Waals surface area contributed by atoms with E-state index in [4.69, 9.17) is 0 Å². The molecule has 0 heterocycles. The second-order valence-electron chi connectivity index (χ2n) is 10.7. The molecular weight excluding hydrogens is 391 g/mol. The van der Waals surface area contributed by atoms with Gasteiger partial charge in [0.1, 0.15) is 0 Å². The van der Waals surface area contributed by atoms with Crippen LogP contribution in [-0.2, 0) is 5.41 Å². The van der Waals surface area contributed by atoms with Crippen LogP contribution in [0.25, 0.3) is 22.3 Å². The van der Waals surface area contributed by atoms with Gasteiger partial charge in [0.25, 0.3) is 0 Å². The highest BCUT2D eigenvalue weighted by Gasteiger charge is 2.61. The van der Waals surface area contributed by atoms with Crippen LogP contribution < -0.4 is 5.46 Å². The number of hydrogen-bond acceptors (Lipinski definition) is 2. The van der Waals surface area contributed by atoms with E-state index in [2.05, 4.69) is 60.7 Å². The molecule has 160 valence electrons. The van der Waals surface area contributed by atoms with E-state index in [9.17, 15) is 10.0 Å². The lowest BCUT2D eigenvalue weighted by Gasteiger charge is -2.60. The molecule has 3 aromatic rings. The van der Waals surface area contributed by atoms with Gasteiger partial charge in [-0.15, -0.1) is 0 Å². The third-order valence-corrected chi connectivity index (χ3v) is 9.48. The molecule has 5 atom stereocenters. The summed E-state index contributed by atoms with van der Waals surface area (Å²) in [6.07, 6.45) is 8.14. The van der Waals surface area contributed by atoms with Gasteiger partial charge in [0.15, 0.2) is 0 Å². The molecule has 0 saturated heterocycles. The van der Waals surface area contributed by atoms with Crippen LogP contribution >= 0.6 is 0 Å². The van der Waals surface area contributed by atoms with Gasteiger partial charge in [0, 0.05) is 5.41 Å². The van der Waals surface area contributed by atoms with Crippen LogP contribution in [0.15, 0.2) is 66.7 Å². The van der Waals surface area contributed by atoms with E-state index in [1.165, 1.54) is 71.9 Å².